The maximum absolute atomic E-state index is 11.6. The number of carbonyl (C=O) groups excluding carboxylic acids is 2. The van der Waals surface area contributed by atoms with Crippen molar-refractivity contribution in [2.45, 2.75) is 51.6 Å². The van der Waals surface area contributed by atoms with E-state index in [4.69, 9.17) is 10.8 Å². The van der Waals surface area contributed by atoms with Crippen LogP contribution in [0.1, 0.15) is 40.0 Å². The number of carboxylic acids is 1. The molecular weight excluding hydrogens is 238 g/mol. The monoisotopic (exact) mass is 259 g/mol. The zero-order valence-electron chi connectivity index (χ0n) is 10.9. The molecule has 0 aromatic rings. The van der Waals surface area contributed by atoms with Gasteiger partial charge in [0, 0.05) is 12.0 Å². The highest BCUT2D eigenvalue weighted by molar-refractivity contribution is 5.83. The van der Waals surface area contributed by atoms with Gasteiger partial charge in [-0.15, -0.1) is 0 Å². The number of hydrogen-bond acceptors (Lipinski definition) is 3. The van der Waals surface area contributed by atoms with Crippen molar-refractivity contribution in [3.63, 3.8) is 0 Å². The predicted octanol–water partition coefficient (Wildman–Crippen LogP) is 0.193. The van der Waals surface area contributed by atoms with Gasteiger partial charge in [-0.3, -0.25) is 4.79 Å². The minimum absolute atomic E-state index is 0.0219. The van der Waals surface area contributed by atoms with Crippen molar-refractivity contribution in [2.24, 2.45) is 5.73 Å². The highest BCUT2D eigenvalue weighted by Crippen LogP contribution is 2.07. The van der Waals surface area contributed by atoms with Gasteiger partial charge < -0.3 is 21.5 Å². The van der Waals surface area contributed by atoms with Crippen molar-refractivity contribution in [3.8, 4) is 0 Å². The van der Waals surface area contributed by atoms with E-state index in [2.05, 4.69) is 10.6 Å². The molecule has 0 heterocycles. The second-order valence-electron chi connectivity index (χ2n) is 4.80. The molecule has 0 spiro atoms. The van der Waals surface area contributed by atoms with E-state index < -0.39 is 29.5 Å². The molecule has 7 nitrogen and oxygen atoms in total. The van der Waals surface area contributed by atoms with Crippen LogP contribution in [-0.2, 0) is 9.59 Å². The molecule has 7 heteroatoms. The van der Waals surface area contributed by atoms with E-state index >= 15 is 0 Å². The van der Waals surface area contributed by atoms with Crippen molar-refractivity contribution < 1.29 is 19.5 Å². The van der Waals surface area contributed by atoms with E-state index in [9.17, 15) is 14.4 Å². The molecule has 5 N–H and O–H groups in total. The Balaban J connectivity index is 4.39. The van der Waals surface area contributed by atoms with E-state index in [1.807, 2.05) is 6.92 Å². The molecule has 0 aromatic carbocycles. The molecule has 0 unspecified atom stereocenters. The minimum Gasteiger partial charge on any atom is -0.480 e. The Labute approximate surface area is 106 Å². The van der Waals surface area contributed by atoms with E-state index in [0.29, 0.717) is 12.8 Å². The summed E-state index contributed by atoms with van der Waals surface area (Å²) in [5, 5.41) is 13.7. The lowest BCUT2D eigenvalue weighted by Crippen LogP contribution is -2.53. The summed E-state index contributed by atoms with van der Waals surface area (Å²) in [6, 6.07) is -1.55. The third kappa shape index (κ3) is 6.72. The summed E-state index contributed by atoms with van der Waals surface area (Å²) in [7, 11) is 0. The van der Waals surface area contributed by atoms with Crippen molar-refractivity contribution in [2.75, 3.05) is 0 Å². The highest BCUT2D eigenvalue weighted by atomic mass is 16.4. The average Bonchev–Trinajstić information content (AvgIpc) is 2.13. The van der Waals surface area contributed by atoms with Gasteiger partial charge in [-0.05, 0) is 20.3 Å². The van der Waals surface area contributed by atoms with Crippen LogP contribution in [0.25, 0.3) is 0 Å². The van der Waals surface area contributed by atoms with Gasteiger partial charge in [-0.1, -0.05) is 13.3 Å². The number of urea groups is 1. The number of carboxylic acid groups (broad SMARTS) is 1. The van der Waals surface area contributed by atoms with E-state index in [-0.39, 0.29) is 6.42 Å². The number of hydrogen-bond donors (Lipinski definition) is 4. The van der Waals surface area contributed by atoms with Gasteiger partial charge in [-0.25, -0.2) is 9.59 Å². The Kier molecular flexibility index (Phi) is 6.15. The first-order valence-electron chi connectivity index (χ1n) is 5.77. The molecule has 0 bridgehead atoms. The van der Waals surface area contributed by atoms with Crippen LogP contribution in [0.4, 0.5) is 4.79 Å². The van der Waals surface area contributed by atoms with Gasteiger partial charge in [0.15, 0.2) is 0 Å². The molecule has 0 saturated carbocycles. The fourth-order valence-corrected chi connectivity index (χ4v) is 1.53. The van der Waals surface area contributed by atoms with E-state index in [1.54, 1.807) is 13.8 Å². The molecule has 0 aliphatic carbocycles. The lowest BCUT2D eigenvalue weighted by atomic mass is 10.0. The Bertz CT molecular complexity index is 328. The summed E-state index contributed by atoms with van der Waals surface area (Å²) in [6.07, 6.45) is 0.965. The molecule has 1 atom stereocenters. The summed E-state index contributed by atoms with van der Waals surface area (Å²) in [6.45, 7) is 5.09. The first-order valence-corrected chi connectivity index (χ1v) is 5.77. The summed E-state index contributed by atoms with van der Waals surface area (Å²) >= 11 is 0. The number of rotatable bonds is 7. The van der Waals surface area contributed by atoms with Crippen LogP contribution in [0.5, 0.6) is 0 Å². The maximum atomic E-state index is 11.6. The second kappa shape index (κ2) is 6.83. The standard InChI is InChI=1S/C11H21N3O4/c1-4-5-7(9(16)17)13-10(18)14-11(2,3)6-8(12)15/h7H,4-6H2,1-3H3,(H2,12,15)(H,16,17)(H2,13,14,18)/t7-/m0/s1. The van der Waals surface area contributed by atoms with Gasteiger partial charge in [0.05, 0.1) is 0 Å². The van der Waals surface area contributed by atoms with Crippen molar-refractivity contribution in [1.82, 2.24) is 10.6 Å². The average molecular weight is 259 g/mol. The first kappa shape index (κ1) is 16.2. The number of primary amides is 1. The fraction of sp³-hybridized carbons (Fsp3) is 0.727. The van der Waals surface area contributed by atoms with Crippen molar-refractivity contribution in [3.05, 3.63) is 0 Å². The van der Waals surface area contributed by atoms with Crippen LogP contribution >= 0.6 is 0 Å². The quantitative estimate of drug-likeness (QED) is 0.521. The Morgan fingerprint density at radius 3 is 2.28 bits per heavy atom. The van der Waals surface area contributed by atoms with Gasteiger partial charge in [0.25, 0.3) is 0 Å². The van der Waals surface area contributed by atoms with E-state index in [0.717, 1.165) is 0 Å². The minimum atomic E-state index is -1.08. The third-order valence-corrected chi connectivity index (χ3v) is 2.25. The van der Waals surface area contributed by atoms with E-state index in [1.165, 1.54) is 0 Å². The molecule has 0 fully saturated rings. The van der Waals surface area contributed by atoms with Gasteiger partial charge in [-0.2, -0.15) is 0 Å². The van der Waals surface area contributed by atoms with Gasteiger partial charge >= 0.3 is 12.0 Å². The topological polar surface area (TPSA) is 122 Å². The summed E-state index contributed by atoms with van der Waals surface area (Å²) in [5.41, 5.74) is 4.23. The van der Waals surface area contributed by atoms with Crippen LogP contribution in [-0.4, -0.2) is 34.6 Å². The lowest BCUT2D eigenvalue weighted by molar-refractivity contribution is -0.139. The zero-order valence-corrected chi connectivity index (χ0v) is 10.9. The number of amides is 3. The smallest absolute Gasteiger partial charge is 0.326 e. The normalized spacial score (nSPS) is 12.6. The number of aliphatic carboxylic acids is 1. The SMILES string of the molecule is CCC[C@H](NC(=O)NC(C)(C)CC(N)=O)C(=O)O. The zero-order chi connectivity index (χ0) is 14.3. The molecule has 104 valence electrons. The Morgan fingerprint density at radius 1 is 1.33 bits per heavy atom. The van der Waals surface area contributed by atoms with Gasteiger partial charge in [0.1, 0.15) is 6.04 Å². The highest BCUT2D eigenvalue weighted by Gasteiger charge is 2.25. The molecule has 18 heavy (non-hydrogen) atoms. The van der Waals surface area contributed by atoms with Crippen LogP contribution in [0.3, 0.4) is 0 Å². The Hall–Kier alpha value is -1.79. The number of nitrogens with two attached hydrogens (primary N) is 1. The van der Waals surface area contributed by atoms with Crippen LogP contribution in [0.2, 0.25) is 0 Å². The molecule has 0 aliphatic rings. The Morgan fingerprint density at radius 2 is 1.89 bits per heavy atom. The van der Waals surface area contributed by atoms with Crippen molar-refractivity contribution >= 4 is 17.9 Å². The molecule has 0 rings (SSSR count). The molecule has 0 saturated heterocycles. The molecule has 0 radical (unpaired) electrons. The van der Waals surface area contributed by atoms with Gasteiger partial charge in [0.2, 0.25) is 5.91 Å². The molecular formula is C11H21N3O4. The fourth-order valence-electron chi connectivity index (χ4n) is 1.53. The predicted molar refractivity (Wildman–Crippen MR) is 65.9 cm³/mol. The summed E-state index contributed by atoms with van der Waals surface area (Å²) in [5.74, 6) is -1.62. The first-order chi connectivity index (χ1) is 8.18. The van der Waals surface area contributed by atoms with Crippen molar-refractivity contribution in [1.29, 1.82) is 0 Å². The van der Waals surface area contributed by atoms with Crippen LogP contribution in [0.15, 0.2) is 0 Å². The second-order valence-corrected chi connectivity index (χ2v) is 4.80. The number of nitrogens with one attached hydrogen (secondary N) is 2. The third-order valence-electron chi connectivity index (χ3n) is 2.25. The maximum Gasteiger partial charge on any atom is 0.326 e. The summed E-state index contributed by atoms with van der Waals surface area (Å²) < 4.78 is 0. The van der Waals surface area contributed by atoms with Crippen LogP contribution in [0, 0.1) is 0 Å². The largest absolute Gasteiger partial charge is 0.480 e. The molecule has 0 aliphatic heterocycles. The molecule has 0 aromatic heterocycles. The summed E-state index contributed by atoms with van der Waals surface area (Å²) in [4.78, 5) is 33.2. The number of carbonyl (C=O) groups is 3. The molecule has 3 amide bonds. The van der Waals surface area contributed by atoms with Crippen LogP contribution < -0.4 is 16.4 Å². The lowest BCUT2D eigenvalue weighted by Gasteiger charge is -2.26.